The van der Waals surface area contributed by atoms with Crippen LogP contribution in [0.5, 0.6) is 0 Å². The number of ether oxygens (including phenoxy) is 1. The Labute approximate surface area is 212 Å². The van der Waals surface area contributed by atoms with Crippen molar-refractivity contribution < 1.29 is 9.53 Å². The molecule has 4 aromatic rings. The second kappa shape index (κ2) is 8.95. The zero-order chi connectivity index (χ0) is 24.8. The lowest BCUT2D eigenvalue weighted by atomic mass is 10.1. The minimum absolute atomic E-state index is 0.173. The summed E-state index contributed by atoms with van der Waals surface area (Å²) in [5.41, 5.74) is 2.53. The maximum Gasteiger partial charge on any atom is 0.410 e. The highest BCUT2D eigenvalue weighted by Crippen LogP contribution is 2.47. The molecule has 1 aliphatic carbocycles. The fourth-order valence-corrected chi connectivity index (χ4v) is 5.28. The van der Waals surface area contributed by atoms with Crippen molar-refractivity contribution in [2.24, 2.45) is 18.9 Å². The second-order valence-corrected chi connectivity index (χ2v) is 9.72. The van der Waals surface area contributed by atoms with Crippen molar-refractivity contribution in [3.05, 3.63) is 87.8 Å². The summed E-state index contributed by atoms with van der Waals surface area (Å²) in [6.07, 6.45) is 1.44. The third-order valence-corrected chi connectivity index (χ3v) is 7.40. The van der Waals surface area contributed by atoms with Crippen LogP contribution in [0.2, 0.25) is 5.02 Å². The molecule has 2 aromatic carbocycles. The monoisotopic (exact) mass is 501 g/mol. The molecule has 0 spiro atoms. The van der Waals surface area contributed by atoms with E-state index in [1.54, 1.807) is 30.3 Å². The molecule has 36 heavy (non-hydrogen) atoms. The molecular weight excluding hydrogens is 478 g/mol. The first-order valence-corrected chi connectivity index (χ1v) is 12.2. The Morgan fingerprint density at radius 2 is 1.81 bits per heavy atom. The third-order valence-electron chi connectivity index (χ3n) is 7.07. The predicted octanol–water partition coefficient (Wildman–Crippen LogP) is 4.33. The number of hydrogen-bond acceptors (Lipinski definition) is 6. The number of carbonyl (C=O) groups excluding carboxylic acids is 1. The zero-order valence-corrected chi connectivity index (χ0v) is 20.4. The molecule has 1 aliphatic heterocycles. The molecule has 182 valence electrons. The molecule has 9 heteroatoms. The Morgan fingerprint density at radius 1 is 1.08 bits per heavy atom. The van der Waals surface area contributed by atoms with Gasteiger partial charge < -0.3 is 15.0 Å². The molecule has 2 aliphatic rings. The summed E-state index contributed by atoms with van der Waals surface area (Å²) in [5.74, 6) is 1.14. The van der Waals surface area contributed by atoms with Gasteiger partial charge in [0.15, 0.2) is 0 Å². The van der Waals surface area contributed by atoms with Crippen molar-refractivity contribution in [3.8, 4) is 11.1 Å². The van der Waals surface area contributed by atoms with E-state index in [4.69, 9.17) is 16.3 Å². The standard InChI is InChI=1S/C27H24ClN5O3/c1-32-24-17(11-19(25(32)34)18-9-5-6-10-22(18)28)12-29-26(31-24)30-23-20-13-33(14-21(20)23)27(35)36-15-16-7-3-2-4-8-16/h2-12,20-21,23H,13-15H2,1H3,(H,29,30,31). The Balaban J connectivity index is 1.12. The maximum atomic E-state index is 13.1. The molecule has 8 nitrogen and oxygen atoms in total. The number of hydrogen-bond donors (Lipinski definition) is 1. The van der Waals surface area contributed by atoms with Crippen LogP contribution in [0, 0.1) is 11.8 Å². The van der Waals surface area contributed by atoms with Gasteiger partial charge in [-0.25, -0.2) is 9.78 Å². The van der Waals surface area contributed by atoms with Crippen molar-refractivity contribution >= 4 is 34.7 Å². The Kier molecular flexibility index (Phi) is 5.60. The van der Waals surface area contributed by atoms with Crippen LogP contribution in [-0.4, -0.2) is 44.7 Å². The normalized spacial score (nSPS) is 20.3. The summed E-state index contributed by atoms with van der Waals surface area (Å²) < 4.78 is 6.98. The van der Waals surface area contributed by atoms with Crippen LogP contribution in [-0.2, 0) is 18.4 Å². The SMILES string of the molecule is Cn1c(=O)c(-c2ccccc2Cl)cc2cnc(NC3C4CN(C(=O)OCc5ccccc5)CC43)nc21. The largest absolute Gasteiger partial charge is 0.445 e. The van der Waals surface area contributed by atoms with Gasteiger partial charge in [-0.2, -0.15) is 4.98 Å². The highest BCUT2D eigenvalue weighted by Gasteiger charge is 2.57. The third kappa shape index (κ3) is 4.07. The molecule has 3 heterocycles. The van der Waals surface area contributed by atoms with Crippen LogP contribution in [0.15, 0.2) is 71.7 Å². The number of aromatic nitrogens is 3. The number of fused-ring (bicyclic) bond motifs is 2. The van der Waals surface area contributed by atoms with Crippen LogP contribution in [0.3, 0.4) is 0 Å². The smallest absolute Gasteiger partial charge is 0.410 e. The number of halogens is 1. The van der Waals surface area contributed by atoms with E-state index in [1.165, 1.54) is 4.57 Å². The van der Waals surface area contributed by atoms with E-state index in [9.17, 15) is 9.59 Å². The summed E-state index contributed by atoms with van der Waals surface area (Å²) in [7, 11) is 1.70. The first-order valence-electron chi connectivity index (χ1n) is 11.8. The second-order valence-electron chi connectivity index (χ2n) is 9.32. The highest BCUT2D eigenvalue weighted by molar-refractivity contribution is 6.33. The van der Waals surface area contributed by atoms with Crippen molar-refractivity contribution in [1.82, 2.24) is 19.4 Å². The number of aryl methyl sites for hydroxylation is 1. The van der Waals surface area contributed by atoms with Crippen LogP contribution in [0.4, 0.5) is 10.7 Å². The Morgan fingerprint density at radius 3 is 2.56 bits per heavy atom. The van der Waals surface area contributed by atoms with E-state index < -0.39 is 0 Å². The fourth-order valence-electron chi connectivity index (χ4n) is 5.04. The number of piperidine rings is 1. The molecule has 1 saturated carbocycles. The van der Waals surface area contributed by atoms with Gasteiger partial charge in [-0.3, -0.25) is 9.36 Å². The number of anilines is 1. The van der Waals surface area contributed by atoms with Crippen LogP contribution in [0.25, 0.3) is 22.2 Å². The zero-order valence-electron chi connectivity index (χ0n) is 19.6. The molecule has 2 fully saturated rings. The van der Waals surface area contributed by atoms with Gasteiger partial charge in [0.2, 0.25) is 5.95 Å². The Bertz CT molecular complexity index is 1510. The average Bonchev–Trinajstić information content (AvgIpc) is 3.31. The summed E-state index contributed by atoms with van der Waals surface area (Å²) in [5, 5.41) is 4.66. The molecular formula is C27H24ClN5O3. The number of amides is 1. The molecule has 0 radical (unpaired) electrons. The molecule has 2 unspecified atom stereocenters. The molecule has 0 bridgehead atoms. The number of rotatable bonds is 5. The fraction of sp³-hybridized carbons (Fsp3) is 0.259. The van der Waals surface area contributed by atoms with Gasteiger partial charge in [0.25, 0.3) is 5.56 Å². The molecule has 1 amide bonds. The summed E-state index contributed by atoms with van der Waals surface area (Å²) in [6.45, 7) is 1.56. The molecule has 1 N–H and O–H groups in total. The number of nitrogens with zero attached hydrogens (tertiary/aromatic N) is 4. The molecule has 2 aromatic heterocycles. The van der Waals surface area contributed by atoms with Crippen molar-refractivity contribution in [2.75, 3.05) is 18.4 Å². The van der Waals surface area contributed by atoms with Gasteiger partial charge in [-0.1, -0.05) is 60.1 Å². The lowest BCUT2D eigenvalue weighted by Crippen LogP contribution is -2.34. The maximum absolute atomic E-state index is 13.1. The van der Waals surface area contributed by atoms with E-state index in [1.807, 2.05) is 48.5 Å². The quantitative estimate of drug-likeness (QED) is 0.438. The number of carbonyl (C=O) groups is 1. The topological polar surface area (TPSA) is 89.4 Å². The van der Waals surface area contributed by atoms with Crippen LogP contribution in [0.1, 0.15) is 5.56 Å². The van der Waals surface area contributed by atoms with Gasteiger partial charge in [-0.15, -0.1) is 0 Å². The van der Waals surface area contributed by atoms with Gasteiger partial charge in [-0.05, 0) is 17.7 Å². The van der Waals surface area contributed by atoms with Gasteiger partial charge in [0.05, 0.1) is 0 Å². The lowest BCUT2D eigenvalue weighted by molar-refractivity contribution is 0.100. The average molecular weight is 502 g/mol. The Hall–Kier alpha value is -3.91. The molecule has 6 rings (SSSR count). The van der Waals surface area contributed by atoms with Gasteiger partial charge in [0, 0.05) is 65.7 Å². The summed E-state index contributed by atoms with van der Waals surface area (Å²) in [6, 6.07) is 18.9. The van der Waals surface area contributed by atoms with Crippen LogP contribution >= 0.6 is 11.6 Å². The van der Waals surface area contributed by atoms with Gasteiger partial charge >= 0.3 is 6.09 Å². The van der Waals surface area contributed by atoms with E-state index >= 15 is 0 Å². The predicted molar refractivity (Wildman–Crippen MR) is 138 cm³/mol. The van der Waals surface area contributed by atoms with Crippen LogP contribution < -0.4 is 10.9 Å². The first-order chi connectivity index (χ1) is 17.5. The highest BCUT2D eigenvalue weighted by atomic mass is 35.5. The summed E-state index contributed by atoms with van der Waals surface area (Å²) >= 11 is 6.32. The number of benzene rings is 2. The number of pyridine rings is 1. The minimum atomic E-state index is -0.281. The van der Waals surface area contributed by atoms with Gasteiger partial charge in [0.1, 0.15) is 12.3 Å². The summed E-state index contributed by atoms with van der Waals surface area (Å²) in [4.78, 5) is 36.4. The lowest BCUT2D eigenvalue weighted by Gasteiger charge is -2.20. The van der Waals surface area contributed by atoms with E-state index in [2.05, 4.69) is 15.3 Å². The number of nitrogens with one attached hydrogen (secondary N) is 1. The van der Waals surface area contributed by atoms with E-state index in [0.29, 0.717) is 52.7 Å². The molecule has 1 saturated heterocycles. The van der Waals surface area contributed by atoms with E-state index in [-0.39, 0.29) is 24.3 Å². The first kappa shape index (κ1) is 22.5. The van der Waals surface area contributed by atoms with E-state index in [0.717, 1.165) is 10.9 Å². The molecule has 2 atom stereocenters. The van der Waals surface area contributed by atoms with Crippen molar-refractivity contribution in [1.29, 1.82) is 0 Å². The van der Waals surface area contributed by atoms with Crippen molar-refractivity contribution in [3.63, 3.8) is 0 Å². The minimum Gasteiger partial charge on any atom is -0.445 e. The number of likely N-dealkylation sites (tertiary alicyclic amines) is 1. The van der Waals surface area contributed by atoms with Crippen molar-refractivity contribution in [2.45, 2.75) is 12.6 Å².